The molecular weight excluding hydrogens is 426 g/mol. The molecule has 0 saturated heterocycles. The number of rotatable bonds is 9. The van der Waals surface area contributed by atoms with Gasteiger partial charge in [0.1, 0.15) is 5.69 Å². The van der Waals surface area contributed by atoms with E-state index in [4.69, 9.17) is 14.6 Å². The molecule has 0 unspecified atom stereocenters. The molecule has 1 amide bonds. The number of benzene rings is 2. The highest BCUT2D eigenvalue weighted by atomic mass is 16.5. The van der Waals surface area contributed by atoms with Gasteiger partial charge in [-0.3, -0.25) is 4.79 Å². The number of nitrogens with zero attached hydrogens (tertiary/aromatic N) is 3. The smallest absolute Gasteiger partial charge is 0.225 e. The third-order valence-electron chi connectivity index (χ3n) is 6.95. The first-order chi connectivity index (χ1) is 16.6. The predicted octanol–water partition coefficient (Wildman–Crippen LogP) is 5.82. The summed E-state index contributed by atoms with van der Waals surface area (Å²) >= 11 is 0. The molecule has 2 saturated carbocycles. The number of methoxy groups -OCH3 is 1. The van der Waals surface area contributed by atoms with E-state index in [0.717, 1.165) is 49.0 Å². The van der Waals surface area contributed by atoms with Crippen LogP contribution in [0.1, 0.15) is 44.1 Å². The second-order valence-corrected chi connectivity index (χ2v) is 9.52. The van der Waals surface area contributed by atoms with Gasteiger partial charge >= 0.3 is 0 Å². The number of ether oxygens (including phenoxy) is 2. The van der Waals surface area contributed by atoms with Crippen molar-refractivity contribution in [1.82, 2.24) is 14.7 Å². The molecule has 1 aromatic heterocycles. The van der Waals surface area contributed by atoms with E-state index in [1.54, 1.807) is 11.8 Å². The van der Waals surface area contributed by atoms with Crippen molar-refractivity contribution < 1.29 is 14.3 Å². The number of carbonyl (C=O) groups excluding carboxylic acids is 1. The number of amides is 1. The van der Waals surface area contributed by atoms with Crippen LogP contribution in [0, 0.1) is 11.8 Å². The van der Waals surface area contributed by atoms with Crippen molar-refractivity contribution in [1.29, 1.82) is 0 Å². The Morgan fingerprint density at radius 1 is 1.00 bits per heavy atom. The fourth-order valence-corrected chi connectivity index (χ4v) is 4.92. The molecule has 34 heavy (non-hydrogen) atoms. The highest BCUT2D eigenvalue weighted by Crippen LogP contribution is 2.39. The molecular formula is C28H33N3O3. The second-order valence-electron chi connectivity index (χ2n) is 9.52. The zero-order valence-electron chi connectivity index (χ0n) is 20.1. The van der Waals surface area contributed by atoms with Crippen LogP contribution in [0.4, 0.5) is 0 Å². The van der Waals surface area contributed by atoms with Crippen LogP contribution in [0.15, 0.2) is 54.6 Å². The van der Waals surface area contributed by atoms with Crippen LogP contribution in [0.25, 0.3) is 11.3 Å². The molecule has 0 radical (unpaired) electrons. The molecule has 0 atom stereocenters. The summed E-state index contributed by atoms with van der Waals surface area (Å²) in [5.41, 5.74) is 2.81. The van der Waals surface area contributed by atoms with Gasteiger partial charge in [0.25, 0.3) is 0 Å². The molecule has 3 aromatic rings. The number of aryl methyl sites for hydroxylation is 1. The largest absolute Gasteiger partial charge is 0.493 e. The molecule has 1 heterocycles. The zero-order valence-corrected chi connectivity index (χ0v) is 20.1. The first-order valence-electron chi connectivity index (χ1n) is 12.3. The van der Waals surface area contributed by atoms with Crippen molar-refractivity contribution in [3.63, 3.8) is 0 Å². The number of aromatic nitrogens is 2. The Balaban J connectivity index is 1.54. The molecule has 2 aliphatic carbocycles. The maximum Gasteiger partial charge on any atom is 0.225 e. The van der Waals surface area contributed by atoms with Crippen LogP contribution in [0.2, 0.25) is 0 Å². The molecule has 2 fully saturated rings. The SMILES string of the molecule is COc1ccccc1Oc1c(CN(CC2CC2)C(=O)C2CCCC2)c(-c2ccccc2)nn1C. The quantitative estimate of drug-likeness (QED) is 0.405. The summed E-state index contributed by atoms with van der Waals surface area (Å²) in [5, 5.41) is 4.85. The van der Waals surface area contributed by atoms with Crippen molar-refractivity contribution >= 4 is 5.91 Å². The van der Waals surface area contributed by atoms with Gasteiger partial charge in [-0.15, -0.1) is 0 Å². The molecule has 5 rings (SSSR count). The summed E-state index contributed by atoms with van der Waals surface area (Å²) < 4.78 is 13.7. The monoisotopic (exact) mass is 459 g/mol. The molecule has 6 nitrogen and oxygen atoms in total. The van der Waals surface area contributed by atoms with E-state index in [1.165, 1.54) is 12.8 Å². The van der Waals surface area contributed by atoms with Crippen LogP contribution < -0.4 is 9.47 Å². The molecule has 178 valence electrons. The highest BCUT2D eigenvalue weighted by molar-refractivity contribution is 5.79. The Labute approximate surface area is 201 Å². The summed E-state index contributed by atoms with van der Waals surface area (Å²) in [4.78, 5) is 15.7. The van der Waals surface area contributed by atoms with E-state index < -0.39 is 0 Å². The third kappa shape index (κ3) is 4.81. The standard InChI is InChI=1S/C28H33N3O3/c1-30-28(34-25-15-9-8-14-24(25)33-2)23(26(29-30)21-10-4-3-5-11-21)19-31(18-20-16-17-20)27(32)22-12-6-7-13-22/h3-5,8-11,14-15,20,22H,6-7,12-13,16-19H2,1-2H3. The molecule has 2 aromatic carbocycles. The number of carbonyl (C=O) groups is 1. The van der Waals surface area contributed by atoms with Crippen LogP contribution in [0.5, 0.6) is 17.4 Å². The van der Waals surface area contributed by atoms with Crippen molar-refractivity contribution in [2.24, 2.45) is 18.9 Å². The molecule has 2 aliphatic rings. The zero-order chi connectivity index (χ0) is 23.5. The third-order valence-corrected chi connectivity index (χ3v) is 6.95. The summed E-state index contributed by atoms with van der Waals surface area (Å²) in [6.07, 6.45) is 6.72. The Morgan fingerprint density at radius 3 is 2.35 bits per heavy atom. The lowest BCUT2D eigenvalue weighted by atomic mass is 10.0. The topological polar surface area (TPSA) is 56.6 Å². The van der Waals surface area contributed by atoms with Crippen LogP contribution in [0.3, 0.4) is 0 Å². The van der Waals surface area contributed by atoms with Gasteiger partial charge in [0, 0.05) is 25.1 Å². The van der Waals surface area contributed by atoms with E-state index in [9.17, 15) is 4.79 Å². The van der Waals surface area contributed by atoms with Crippen molar-refractivity contribution in [3.8, 4) is 28.6 Å². The van der Waals surface area contributed by atoms with E-state index in [1.807, 2.05) is 49.5 Å². The van der Waals surface area contributed by atoms with Crippen molar-refractivity contribution in [2.75, 3.05) is 13.7 Å². The molecule has 0 bridgehead atoms. The summed E-state index contributed by atoms with van der Waals surface area (Å²) in [5.74, 6) is 2.98. The summed E-state index contributed by atoms with van der Waals surface area (Å²) in [7, 11) is 3.53. The first kappa shape index (κ1) is 22.5. The van der Waals surface area contributed by atoms with Gasteiger partial charge in [-0.2, -0.15) is 5.10 Å². The average Bonchev–Trinajstić information content (AvgIpc) is 3.41. The van der Waals surface area contributed by atoms with Gasteiger partial charge in [0.15, 0.2) is 11.5 Å². The Hall–Kier alpha value is -3.28. The summed E-state index contributed by atoms with van der Waals surface area (Å²) in [6, 6.07) is 17.8. The lowest BCUT2D eigenvalue weighted by Gasteiger charge is -2.26. The normalized spacial score (nSPS) is 15.9. The first-order valence-corrected chi connectivity index (χ1v) is 12.3. The Morgan fingerprint density at radius 2 is 1.68 bits per heavy atom. The molecule has 0 spiro atoms. The minimum absolute atomic E-state index is 0.147. The van der Waals surface area contributed by atoms with Crippen molar-refractivity contribution in [2.45, 2.75) is 45.1 Å². The van der Waals surface area contributed by atoms with Gasteiger partial charge in [0.05, 0.1) is 19.2 Å². The molecule has 0 aliphatic heterocycles. The minimum atomic E-state index is 0.147. The van der Waals surface area contributed by atoms with Crippen LogP contribution in [-0.4, -0.2) is 34.2 Å². The fraction of sp³-hybridized carbons (Fsp3) is 0.429. The Kier molecular flexibility index (Phi) is 6.57. The number of para-hydroxylation sites is 2. The van der Waals surface area contributed by atoms with E-state index >= 15 is 0 Å². The number of hydrogen-bond acceptors (Lipinski definition) is 4. The van der Waals surface area contributed by atoms with Crippen molar-refractivity contribution in [3.05, 3.63) is 60.2 Å². The van der Waals surface area contributed by atoms with Gasteiger partial charge < -0.3 is 14.4 Å². The van der Waals surface area contributed by atoms with Crippen LogP contribution in [-0.2, 0) is 18.4 Å². The molecule has 6 heteroatoms. The van der Waals surface area contributed by atoms with Gasteiger partial charge in [-0.25, -0.2) is 4.68 Å². The van der Waals surface area contributed by atoms with E-state index in [0.29, 0.717) is 29.8 Å². The minimum Gasteiger partial charge on any atom is -0.493 e. The lowest BCUT2D eigenvalue weighted by Crippen LogP contribution is -2.36. The lowest BCUT2D eigenvalue weighted by molar-refractivity contribution is -0.136. The van der Waals surface area contributed by atoms with Gasteiger partial charge in [-0.1, -0.05) is 55.3 Å². The maximum absolute atomic E-state index is 13.6. The van der Waals surface area contributed by atoms with E-state index in [2.05, 4.69) is 17.0 Å². The van der Waals surface area contributed by atoms with Crippen LogP contribution >= 0.6 is 0 Å². The highest BCUT2D eigenvalue weighted by Gasteiger charge is 2.34. The number of hydrogen-bond donors (Lipinski definition) is 0. The fourth-order valence-electron chi connectivity index (χ4n) is 4.92. The van der Waals surface area contributed by atoms with Gasteiger partial charge in [0.2, 0.25) is 11.8 Å². The maximum atomic E-state index is 13.6. The van der Waals surface area contributed by atoms with Gasteiger partial charge in [-0.05, 0) is 43.7 Å². The van der Waals surface area contributed by atoms with E-state index in [-0.39, 0.29) is 11.8 Å². The second kappa shape index (κ2) is 9.92. The average molecular weight is 460 g/mol. The molecule has 0 N–H and O–H groups in total. The predicted molar refractivity (Wildman–Crippen MR) is 132 cm³/mol. The Bertz CT molecular complexity index is 1130. The summed E-state index contributed by atoms with van der Waals surface area (Å²) in [6.45, 7) is 1.31.